The summed E-state index contributed by atoms with van der Waals surface area (Å²) in [5.74, 6) is 1.59. The van der Waals surface area contributed by atoms with Gasteiger partial charge in [-0.15, -0.1) is 0 Å². The molecular formula is C22H17F3N2O2. The van der Waals surface area contributed by atoms with Gasteiger partial charge in [0, 0.05) is 5.56 Å². The summed E-state index contributed by atoms with van der Waals surface area (Å²) in [6.45, 7) is -0.00966. The van der Waals surface area contributed by atoms with Crippen LogP contribution < -0.4 is 9.47 Å². The summed E-state index contributed by atoms with van der Waals surface area (Å²) in [5.41, 5.74) is 2.30. The smallest absolute Gasteiger partial charge is 0.416 e. The van der Waals surface area contributed by atoms with Crippen molar-refractivity contribution in [2.24, 2.45) is 0 Å². The van der Waals surface area contributed by atoms with E-state index in [9.17, 15) is 13.2 Å². The lowest BCUT2D eigenvalue weighted by Crippen LogP contribution is -2.06. The molecule has 1 heterocycles. The number of H-pyrrole nitrogens is 1. The average Bonchev–Trinajstić information content (AvgIpc) is 3.16. The summed E-state index contributed by atoms with van der Waals surface area (Å²) < 4.78 is 49.7. The van der Waals surface area contributed by atoms with Gasteiger partial charge in [-0.25, -0.2) is 4.98 Å². The van der Waals surface area contributed by atoms with Gasteiger partial charge < -0.3 is 14.5 Å². The fourth-order valence-corrected chi connectivity index (χ4v) is 3.02. The van der Waals surface area contributed by atoms with Crippen molar-refractivity contribution in [3.05, 3.63) is 77.9 Å². The van der Waals surface area contributed by atoms with E-state index in [1.807, 2.05) is 30.3 Å². The summed E-state index contributed by atoms with van der Waals surface area (Å²) in [7, 11) is 1.51. The van der Waals surface area contributed by atoms with Crippen molar-refractivity contribution in [1.82, 2.24) is 9.97 Å². The van der Waals surface area contributed by atoms with Crippen LogP contribution in [0.3, 0.4) is 0 Å². The Kier molecular flexibility index (Phi) is 4.88. The standard InChI is InChI=1S/C22H17F3N2O2/c1-28-20-12-15(21-26-17-7-2-3-8-18(17)27-21)9-10-19(20)29-13-14-5-4-6-16(11-14)22(23,24)25/h2-12H,13H2,1H3,(H,26,27). The molecule has 0 saturated heterocycles. The molecule has 7 heteroatoms. The summed E-state index contributed by atoms with van der Waals surface area (Å²) in [5, 5.41) is 0. The molecule has 148 valence electrons. The number of aromatic amines is 1. The molecule has 0 atom stereocenters. The number of ether oxygens (including phenoxy) is 2. The van der Waals surface area contributed by atoms with Crippen molar-refractivity contribution in [2.45, 2.75) is 12.8 Å². The van der Waals surface area contributed by atoms with Gasteiger partial charge in [0.25, 0.3) is 0 Å². The highest BCUT2D eigenvalue weighted by Gasteiger charge is 2.30. The Hall–Kier alpha value is -3.48. The van der Waals surface area contributed by atoms with Crippen molar-refractivity contribution < 1.29 is 22.6 Å². The fraction of sp³-hybridized carbons (Fsp3) is 0.136. The molecule has 1 aromatic heterocycles. The molecule has 0 aliphatic carbocycles. The third kappa shape index (κ3) is 4.03. The Morgan fingerprint density at radius 3 is 2.52 bits per heavy atom. The van der Waals surface area contributed by atoms with Crippen LogP contribution in [0.1, 0.15) is 11.1 Å². The number of para-hydroxylation sites is 2. The minimum Gasteiger partial charge on any atom is -0.493 e. The maximum absolute atomic E-state index is 12.9. The molecule has 0 amide bonds. The Bertz CT molecular complexity index is 1120. The van der Waals surface area contributed by atoms with E-state index in [0.717, 1.165) is 28.7 Å². The molecule has 0 radical (unpaired) electrons. The number of fused-ring (bicyclic) bond motifs is 1. The van der Waals surface area contributed by atoms with Crippen LogP contribution in [0.5, 0.6) is 11.5 Å². The van der Waals surface area contributed by atoms with E-state index < -0.39 is 11.7 Å². The second kappa shape index (κ2) is 7.50. The first kappa shape index (κ1) is 18.9. The Balaban J connectivity index is 1.56. The van der Waals surface area contributed by atoms with Gasteiger partial charge in [0.15, 0.2) is 11.5 Å². The molecule has 4 nitrogen and oxygen atoms in total. The van der Waals surface area contributed by atoms with Gasteiger partial charge in [-0.3, -0.25) is 0 Å². The number of benzene rings is 3. The lowest BCUT2D eigenvalue weighted by atomic mass is 10.1. The highest BCUT2D eigenvalue weighted by Crippen LogP contribution is 2.33. The van der Waals surface area contributed by atoms with Crippen molar-refractivity contribution in [3.8, 4) is 22.9 Å². The van der Waals surface area contributed by atoms with E-state index in [-0.39, 0.29) is 6.61 Å². The first-order valence-corrected chi connectivity index (χ1v) is 8.86. The van der Waals surface area contributed by atoms with Crippen LogP contribution in [0.25, 0.3) is 22.4 Å². The molecule has 0 aliphatic rings. The van der Waals surface area contributed by atoms with Gasteiger partial charge in [-0.1, -0.05) is 24.3 Å². The number of rotatable bonds is 5. The number of hydrogen-bond donors (Lipinski definition) is 1. The van der Waals surface area contributed by atoms with Crippen molar-refractivity contribution >= 4 is 11.0 Å². The van der Waals surface area contributed by atoms with Gasteiger partial charge in [-0.05, 0) is 48.0 Å². The Morgan fingerprint density at radius 1 is 0.931 bits per heavy atom. The van der Waals surface area contributed by atoms with E-state index >= 15 is 0 Å². The van der Waals surface area contributed by atoms with Crippen LogP contribution >= 0.6 is 0 Å². The molecule has 0 unspecified atom stereocenters. The first-order valence-electron chi connectivity index (χ1n) is 8.86. The zero-order valence-electron chi connectivity index (χ0n) is 15.5. The zero-order chi connectivity index (χ0) is 20.4. The second-order valence-electron chi connectivity index (χ2n) is 6.46. The molecule has 0 saturated carbocycles. The molecule has 1 N–H and O–H groups in total. The predicted octanol–water partition coefficient (Wildman–Crippen LogP) is 5.84. The van der Waals surface area contributed by atoms with Gasteiger partial charge in [0.2, 0.25) is 0 Å². The number of alkyl halides is 3. The number of methoxy groups -OCH3 is 1. The third-order valence-electron chi connectivity index (χ3n) is 4.48. The molecule has 4 rings (SSSR count). The van der Waals surface area contributed by atoms with E-state index in [1.165, 1.54) is 13.2 Å². The largest absolute Gasteiger partial charge is 0.493 e. The van der Waals surface area contributed by atoms with Gasteiger partial charge in [0.1, 0.15) is 12.4 Å². The van der Waals surface area contributed by atoms with Gasteiger partial charge in [-0.2, -0.15) is 13.2 Å². The summed E-state index contributed by atoms with van der Waals surface area (Å²) >= 11 is 0. The summed E-state index contributed by atoms with van der Waals surface area (Å²) in [4.78, 5) is 7.80. The number of nitrogens with one attached hydrogen (secondary N) is 1. The fourth-order valence-electron chi connectivity index (χ4n) is 3.02. The van der Waals surface area contributed by atoms with Gasteiger partial charge in [0.05, 0.1) is 23.7 Å². The lowest BCUT2D eigenvalue weighted by molar-refractivity contribution is -0.137. The van der Waals surface area contributed by atoms with E-state index in [4.69, 9.17) is 9.47 Å². The van der Waals surface area contributed by atoms with Crippen LogP contribution in [0.2, 0.25) is 0 Å². The lowest BCUT2D eigenvalue weighted by Gasteiger charge is -2.13. The summed E-state index contributed by atoms with van der Waals surface area (Å²) in [6.07, 6.45) is -4.39. The minimum atomic E-state index is -4.39. The van der Waals surface area contributed by atoms with Gasteiger partial charge >= 0.3 is 6.18 Å². The number of hydrogen-bond acceptors (Lipinski definition) is 3. The second-order valence-corrected chi connectivity index (χ2v) is 6.46. The Morgan fingerprint density at radius 2 is 1.76 bits per heavy atom. The minimum absolute atomic E-state index is 0.00966. The van der Waals surface area contributed by atoms with E-state index in [2.05, 4.69) is 9.97 Å². The molecule has 0 aliphatic heterocycles. The van der Waals surface area contributed by atoms with Crippen LogP contribution in [-0.2, 0) is 12.8 Å². The third-order valence-corrected chi connectivity index (χ3v) is 4.48. The molecule has 4 aromatic rings. The number of halogens is 3. The molecule has 29 heavy (non-hydrogen) atoms. The molecular weight excluding hydrogens is 381 g/mol. The van der Waals surface area contributed by atoms with E-state index in [0.29, 0.717) is 22.9 Å². The quantitative estimate of drug-likeness (QED) is 0.460. The zero-order valence-corrected chi connectivity index (χ0v) is 15.5. The normalized spacial score (nSPS) is 11.6. The van der Waals surface area contributed by atoms with E-state index in [1.54, 1.807) is 18.2 Å². The average molecular weight is 398 g/mol. The molecule has 0 bridgehead atoms. The molecule has 0 spiro atoms. The number of imidazole rings is 1. The topological polar surface area (TPSA) is 47.1 Å². The van der Waals surface area contributed by atoms with Crippen molar-refractivity contribution in [2.75, 3.05) is 7.11 Å². The summed E-state index contributed by atoms with van der Waals surface area (Å²) in [6, 6.07) is 18.1. The monoisotopic (exact) mass is 398 g/mol. The van der Waals surface area contributed by atoms with Crippen molar-refractivity contribution in [3.63, 3.8) is 0 Å². The predicted molar refractivity (Wildman–Crippen MR) is 104 cm³/mol. The van der Waals surface area contributed by atoms with Crippen LogP contribution in [0, 0.1) is 0 Å². The highest BCUT2D eigenvalue weighted by atomic mass is 19.4. The van der Waals surface area contributed by atoms with Crippen molar-refractivity contribution in [1.29, 1.82) is 0 Å². The Labute approximate surface area is 164 Å². The first-order chi connectivity index (χ1) is 13.9. The highest BCUT2D eigenvalue weighted by molar-refractivity contribution is 5.79. The molecule has 3 aromatic carbocycles. The molecule has 0 fully saturated rings. The van der Waals surface area contributed by atoms with Crippen LogP contribution in [0.4, 0.5) is 13.2 Å². The number of aromatic nitrogens is 2. The van der Waals surface area contributed by atoms with Crippen LogP contribution in [-0.4, -0.2) is 17.1 Å². The SMILES string of the molecule is COc1cc(-c2nc3ccccc3[nH]2)ccc1OCc1cccc(C(F)(F)F)c1. The maximum Gasteiger partial charge on any atom is 0.416 e. The van der Waals surface area contributed by atoms with Crippen LogP contribution in [0.15, 0.2) is 66.7 Å². The maximum atomic E-state index is 12.9. The number of nitrogens with zero attached hydrogens (tertiary/aromatic N) is 1.